The number of nitrogens with one attached hydrogen (secondary N) is 1. The highest BCUT2D eigenvalue weighted by molar-refractivity contribution is 7.09. The van der Waals surface area contributed by atoms with E-state index in [1.807, 2.05) is 31.2 Å². The third kappa shape index (κ3) is 6.06. The molecule has 0 aliphatic rings. The van der Waals surface area contributed by atoms with Crippen LogP contribution in [0.25, 0.3) is 0 Å². The summed E-state index contributed by atoms with van der Waals surface area (Å²) in [4.78, 5) is 30.4. The van der Waals surface area contributed by atoms with Crippen molar-refractivity contribution in [3.05, 3.63) is 45.9 Å². The van der Waals surface area contributed by atoms with E-state index in [1.54, 1.807) is 17.2 Å². The number of hydrogen-bond donors (Lipinski definition) is 1. The third-order valence-electron chi connectivity index (χ3n) is 3.97. The number of nitrogens with zero attached hydrogens (tertiary/aromatic N) is 2. The largest absolute Gasteiger partial charge is 0.461 e. The number of anilines is 1. The second kappa shape index (κ2) is 10.1. The Morgan fingerprint density at radius 1 is 1.22 bits per heavy atom. The first-order valence-corrected chi connectivity index (χ1v) is 10.1. The van der Waals surface area contributed by atoms with Crippen LogP contribution in [0.5, 0.6) is 0 Å². The van der Waals surface area contributed by atoms with Gasteiger partial charge in [0.15, 0.2) is 5.69 Å². The van der Waals surface area contributed by atoms with Gasteiger partial charge in [-0.1, -0.05) is 32.9 Å². The lowest BCUT2D eigenvalue weighted by atomic mass is 10.0. The van der Waals surface area contributed by atoms with E-state index in [9.17, 15) is 9.59 Å². The average molecular weight is 390 g/mol. The molecule has 1 heterocycles. The number of rotatable bonds is 8. The Balaban J connectivity index is 2.03. The predicted octanol–water partition coefficient (Wildman–Crippen LogP) is 4.89. The van der Waals surface area contributed by atoms with E-state index in [-0.39, 0.29) is 11.7 Å². The summed E-state index contributed by atoms with van der Waals surface area (Å²) >= 11 is 1.35. The van der Waals surface area contributed by atoms with Crippen molar-refractivity contribution in [3.63, 3.8) is 0 Å². The molecule has 2 rings (SSSR count). The quantitative estimate of drug-likeness (QED) is 0.653. The number of carbonyl (C=O) groups is 2. The van der Waals surface area contributed by atoms with Crippen molar-refractivity contribution in [1.82, 2.24) is 9.88 Å². The highest BCUT2D eigenvalue weighted by Crippen LogP contribution is 2.18. The Labute approximate surface area is 164 Å². The molecule has 0 radical (unpaired) electrons. The molecule has 7 heteroatoms. The molecule has 0 spiro atoms. The Morgan fingerprint density at radius 2 is 1.93 bits per heavy atom. The zero-order chi connectivity index (χ0) is 19.8. The lowest BCUT2D eigenvalue weighted by Crippen LogP contribution is -2.35. The van der Waals surface area contributed by atoms with Gasteiger partial charge in [0.2, 0.25) is 0 Å². The molecule has 6 nitrogen and oxygen atoms in total. The van der Waals surface area contributed by atoms with Crippen LogP contribution in [0.1, 0.15) is 61.1 Å². The number of thiazole rings is 1. The van der Waals surface area contributed by atoms with Gasteiger partial charge in [0, 0.05) is 17.6 Å². The van der Waals surface area contributed by atoms with Crippen LogP contribution in [-0.2, 0) is 11.3 Å². The zero-order valence-corrected chi connectivity index (χ0v) is 17.1. The van der Waals surface area contributed by atoms with E-state index in [0.29, 0.717) is 30.6 Å². The third-order valence-corrected chi connectivity index (χ3v) is 4.81. The van der Waals surface area contributed by atoms with Gasteiger partial charge in [-0.2, -0.15) is 0 Å². The summed E-state index contributed by atoms with van der Waals surface area (Å²) in [6.07, 6.45) is 0.829. The molecule has 1 N–H and O–H groups in total. The number of aromatic nitrogens is 1. The van der Waals surface area contributed by atoms with E-state index in [1.165, 1.54) is 16.9 Å². The summed E-state index contributed by atoms with van der Waals surface area (Å²) in [5, 5.41) is 5.31. The summed E-state index contributed by atoms with van der Waals surface area (Å²) < 4.78 is 4.96. The molecule has 0 atom stereocenters. The van der Waals surface area contributed by atoms with Gasteiger partial charge < -0.3 is 15.0 Å². The topological polar surface area (TPSA) is 71.5 Å². The van der Waals surface area contributed by atoms with Crippen molar-refractivity contribution in [2.24, 2.45) is 0 Å². The fourth-order valence-electron chi connectivity index (χ4n) is 2.52. The second-order valence-corrected chi connectivity index (χ2v) is 7.42. The molecule has 0 aliphatic carbocycles. The molecule has 1 aromatic carbocycles. The lowest BCUT2D eigenvalue weighted by Gasteiger charge is -2.21. The molecular formula is C20H27N3O3S. The van der Waals surface area contributed by atoms with Crippen molar-refractivity contribution < 1.29 is 14.3 Å². The maximum atomic E-state index is 12.7. The van der Waals surface area contributed by atoms with Gasteiger partial charge in [-0.25, -0.2) is 14.6 Å². The Bertz CT molecular complexity index is 756. The van der Waals surface area contributed by atoms with Crippen LogP contribution in [0, 0.1) is 0 Å². The molecule has 1 aromatic heterocycles. The molecule has 2 amide bonds. The van der Waals surface area contributed by atoms with Gasteiger partial charge in [-0.15, -0.1) is 11.3 Å². The van der Waals surface area contributed by atoms with Gasteiger partial charge in [-0.3, -0.25) is 0 Å². The van der Waals surface area contributed by atoms with Crippen LogP contribution in [-0.4, -0.2) is 35.0 Å². The number of amides is 2. The SMILES string of the molecule is CCCN(Cc1nc(C(=O)OCC)cs1)C(=O)Nc1ccc(C(C)C)cc1. The van der Waals surface area contributed by atoms with Crippen molar-refractivity contribution in [2.75, 3.05) is 18.5 Å². The van der Waals surface area contributed by atoms with Crippen molar-refractivity contribution in [3.8, 4) is 0 Å². The van der Waals surface area contributed by atoms with Crippen LogP contribution in [0.3, 0.4) is 0 Å². The molecule has 27 heavy (non-hydrogen) atoms. The molecule has 0 aliphatic heterocycles. The van der Waals surface area contributed by atoms with Gasteiger partial charge in [0.25, 0.3) is 0 Å². The summed E-state index contributed by atoms with van der Waals surface area (Å²) in [6.45, 7) is 9.31. The van der Waals surface area contributed by atoms with Gasteiger partial charge >= 0.3 is 12.0 Å². The normalized spacial score (nSPS) is 10.7. The number of hydrogen-bond acceptors (Lipinski definition) is 5. The fourth-order valence-corrected chi connectivity index (χ4v) is 3.30. The van der Waals surface area contributed by atoms with Crippen LogP contribution in [0.15, 0.2) is 29.6 Å². The Morgan fingerprint density at radius 3 is 2.52 bits per heavy atom. The molecule has 2 aromatic rings. The minimum absolute atomic E-state index is 0.179. The molecule has 0 unspecified atom stereocenters. The van der Waals surface area contributed by atoms with Gasteiger partial charge in [0.1, 0.15) is 5.01 Å². The molecular weight excluding hydrogens is 362 g/mol. The summed E-state index contributed by atoms with van der Waals surface area (Å²) in [6, 6.07) is 7.70. The highest BCUT2D eigenvalue weighted by Gasteiger charge is 2.17. The highest BCUT2D eigenvalue weighted by atomic mass is 32.1. The van der Waals surface area contributed by atoms with E-state index < -0.39 is 5.97 Å². The predicted molar refractivity (Wildman–Crippen MR) is 108 cm³/mol. The molecule has 0 saturated carbocycles. The summed E-state index contributed by atoms with van der Waals surface area (Å²) in [5.41, 5.74) is 2.28. The van der Waals surface area contributed by atoms with Crippen LogP contribution < -0.4 is 5.32 Å². The monoisotopic (exact) mass is 389 g/mol. The van der Waals surface area contributed by atoms with Crippen LogP contribution >= 0.6 is 11.3 Å². The number of carbonyl (C=O) groups excluding carboxylic acids is 2. The minimum atomic E-state index is -0.434. The number of ether oxygens (including phenoxy) is 1. The Hall–Kier alpha value is -2.41. The summed E-state index contributed by atoms with van der Waals surface area (Å²) in [5.74, 6) is 0.0153. The smallest absolute Gasteiger partial charge is 0.357 e. The standard InChI is InChI=1S/C20H27N3O3S/c1-5-11-23(12-18-22-17(13-27-18)19(24)26-6-2)20(25)21-16-9-7-15(8-10-16)14(3)4/h7-10,13-14H,5-6,11-12H2,1-4H3,(H,21,25). The van der Waals surface area contributed by atoms with Crippen LogP contribution in [0.2, 0.25) is 0 Å². The molecule has 0 fully saturated rings. The molecule has 146 valence electrons. The van der Waals surface area contributed by atoms with E-state index in [4.69, 9.17) is 4.74 Å². The summed E-state index contributed by atoms with van der Waals surface area (Å²) in [7, 11) is 0. The van der Waals surface area contributed by atoms with E-state index >= 15 is 0 Å². The number of benzene rings is 1. The maximum absolute atomic E-state index is 12.7. The van der Waals surface area contributed by atoms with E-state index in [0.717, 1.165) is 12.1 Å². The first-order valence-electron chi connectivity index (χ1n) is 9.22. The second-order valence-electron chi connectivity index (χ2n) is 6.48. The van der Waals surface area contributed by atoms with Gasteiger partial charge in [-0.05, 0) is 37.0 Å². The first kappa shape index (κ1) is 20.9. The van der Waals surface area contributed by atoms with Crippen LogP contribution in [0.4, 0.5) is 10.5 Å². The van der Waals surface area contributed by atoms with E-state index in [2.05, 4.69) is 24.1 Å². The maximum Gasteiger partial charge on any atom is 0.357 e. The lowest BCUT2D eigenvalue weighted by molar-refractivity contribution is 0.0520. The first-order chi connectivity index (χ1) is 12.9. The zero-order valence-electron chi connectivity index (χ0n) is 16.3. The van der Waals surface area contributed by atoms with Crippen molar-refractivity contribution in [1.29, 1.82) is 0 Å². The fraction of sp³-hybridized carbons (Fsp3) is 0.450. The van der Waals surface area contributed by atoms with Crippen molar-refractivity contribution >= 4 is 29.0 Å². The number of esters is 1. The molecule has 0 bridgehead atoms. The Kier molecular flexibility index (Phi) is 7.79. The van der Waals surface area contributed by atoms with Gasteiger partial charge in [0.05, 0.1) is 13.2 Å². The minimum Gasteiger partial charge on any atom is -0.461 e. The molecule has 0 saturated heterocycles. The van der Waals surface area contributed by atoms with Crippen molar-refractivity contribution in [2.45, 2.75) is 46.6 Å². The number of urea groups is 1. The average Bonchev–Trinajstić information content (AvgIpc) is 3.11.